The number of carbonyl (C=O) groups excluding carboxylic acids is 1. The minimum atomic E-state index is -2.61. The zero-order valence-electron chi connectivity index (χ0n) is 22.4. The van der Waals surface area contributed by atoms with Crippen LogP contribution >= 0.6 is 0 Å². The second-order valence-electron chi connectivity index (χ2n) is 11.3. The van der Waals surface area contributed by atoms with Crippen molar-refractivity contribution in [3.05, 3.63) is 89.5 Å². The summed E-state index contributed by atoms with van der Waals surface area (Å²) in [6.45, 7) is 7.91. The molecule has 1 aromatic carbocycles. The molecule has 3 aromatic rings. The summed E-state index contributed by atoms with van der Waals surface area (Å²) in [6, 6.07) is 14.7. The third kappa shape index (κ3) is 5.10. The lowest BCUT2D eigenvalue weighted by molar-refractivity contribution is -0.123. The molecule has 6 rings (SSSR count). The number of alkyl halides is 2. The van der Waals surface area contributed by atoms with E-state index in [0.29, 0.717) is 36.1 Å². The van der Waals surface area contributed by atoms with E-state index in [-0.39, 0.29) is 24.1 Å². The highest BCUT2D eigenvalue weighted by Gasteiger charge is 2.53. The molecular weight excluding hydrogens is 514 g/mol. The van der Waals surface area contributed by atoms with Crippen LogP contribution in [-0.2, 0) is 23.4 Å². The van der Waals surface area contributed by atoms with Crippen LogP contribution in [0.4, 0.5) is 14.5 Å². The van der Waals surface area contributed by atoms with Crippen LogP contribution in [0.5, 0.6) is 5.88 Å². The number of amides is 1. The number of hydrogen-bond acceptors (Lipinski definition) is 7. The van der Waals surface area contributed by atoms with Crippen molar-refractivity contribution in [2.45, 2.75) is 44.3 Å². The van der Waals surface area contributed by atoms with Crippen LogP contribution in [0.3, 0.4) is 0 Å². The molecule has 40 heavy (non-hydrogen) atoms. The number of likely N-dealkylation sites (tertiary alicyclic amines) is 1. The molecular formula is C30H32F2N6O2. The monoisotopic (exact) mass is 546 g/mol. The van der Waals surface area contributed by atoms with Gasteiger partial charge in [0.25, 0.3) is 6.43 Å². The lowest BCUT2D eigenvalue weighted by atomic mass is 9.78. The Kier molecular flexibility index (Phi) is 6.64. The Labute approximate surface area is 232 Å². The smallest absolute Gasteiger partial charge is 0.280 e. The SMILES string of the molecule is C=C1CC2(CN1C)CN(c1ccc(CNC(=O)C3(c4ccc(OCc5ccc(C(F)F)nc5)nn4)CC3)cc1)C2. The average molecular weight is 547 g/mol. The van der Waals surface area contributed by atoms with Gasteiger partial charge in [-0.15, -0.1) is 5.10 Å². The number of halogens is 2. The molecule has 208 valence electrons. The molecule has 1 spiro atoms. The molecule has 0 atom stereocenters. The zero-order chi connectivity index (χ0) is 27.9. The number of allylic oxidation sites excluding steroid dienone is 1. The third-order valence-corrected chi connectivity index (χ3v) is 8.27. The van der Waals surface area contributed by atoms with Crippen LogP contribution < -0.4 is 15.0 Å². The first-order valence-electron chi connectivity index (χ1n) is 13.5. The van der Waals surface area contributed by atoms with Crippen molar-refractivity contribution in [3.8, 4) is 5.88 Å². The predicted octanol–water partition coefficient (Wildman–Crippen LogP) is 4.39. The second-order valence-corrected chi connectivity index (χ2v) is 11.3. The van der Waals surface area contributed by atoms with E-state index in [1.807, 2.05) is 0 Å². The molecule has 0 radical (unpaired) electrons. The van der Waals surface area contributed by atoms with E-state index < -0.39 is 11.8 Å². The number of ether oxygens (including phenoxy) is 1. The van der Waals surface area contributed by atoms with Gasteiger partial charge in [-0.1, -0.05) is 24.8 Å². The third-order valence-electron chi connectivity index (χ3n) is 8.27. The van der Waals surface area contributed by atoms with E-state index >= 15 is 0 Å². The van der Waals surface area contributed by atoms with Crippen molar-refractivity contribution in [2.24, 2.45) is 5.41 Å². The number of nitrogens with zero attached hydrogens (tertiary/aromatic N) is 5. The number of pyridine rings is 1. The van der Waals surface area contributed by atoms with E-state index in [1.165, 1.54) is 23.6 Å². The van der Waals surface area contributed by atoms with Gasteiger partial charge in [-0.25, -0.2) is 8.78 Å². The number of carbonyl (C=O) groups is 1. The van der Waals surface area contributed by atoms with Gasteiger partial charge < -0.3 is 19.9 Å². The Morgan fingerprint density at radius 2 is 1.80 bits per heavy atom. The maximum atomic E-state index is 13.1. The normalized spacial score (nSPS) is 18.6. The number of benzene rings is 1. The Balaban J connectivity index is 0.989. The van der Waals surface area contributed by atoms with Gasteiger partial charge in [0.2, 0.25) is 11.8 Å². The molecule has 1 saturated carbocycles. The lowest BCUT2D eigenvalue weighted by Gasteiger charge is -2.49. The Morgan fingerprint density at radius 3 is 2.38 bits per heavy atom. The lowest BCUT2D eigenvalue weighted by Crippen LogP contribution is -2.57. The number of rotatable bonds is 9. The summed E-state index contributed by atoms with van der Waals surface area (Å²) in [6.07, 6.45) is 1.25. The summed E-state index contributed by atoms with van der Waals surface area (Å²) in [5.41, 5.74) is 4.14. The highest BCUT2D eigenvalue weighted by atomic mass is 19.3. The van der Waals surface area contributed by atoms with Crippen LogP contribution in [0.25, 0.3) is 0 Å². The molecule has 3 fully saturated rings. The van der Waals surface area contributed by atoms with Crippen molar-refractivity contribution in [1.82, 2.24) is 25.4 Å². The van der Waals surface area contributed by atoms with Crippen molar-refractivity contribution >= 4 is 11.6 Å². The van der Waals surface area contributed by atoms with E-state index in [1.54, 1.807) is 18.2 Å². The Hall–Kier alpha value is -4.08. The van der Waals surface area contributed by atoms with Crippen LogP contribution in [0, 0.1) is 5.41 Å². The van der Waals surface area contributed by atoms with Gasteiger partial charge in [0.1, 0.15) is 12.3 Å². The quantitative estimate of drug-likeness (QED) is 0.426. The zero-order valence-corrected chi connectivity index (χ0v) is 22.4. The first-order chi connectivity index (χ1) is 19.3. The maximum Gasteiger partial charge on any atom is 0.280 e. The van der Waals surface area contributed by atoms with Crippen molar-refractivity contribution < 1.29 is 18.3 Å². The van der Waals surface area contributed by atoms with E-state index in [2.05, 4.69) is 68.2 Å². The Morgan fingerprint density at radius 1 is 1.05 bits per heavy atom. The molecule has 4 heterocycles. The van der Waals surface area contributed by atoms with E-state index in [9.17, 15) is 13.6 Å². The van der Waals surface area contributed by atoms with Gasteiger partial charge in [0.05, 0.1) is 11.1 Å². The summed E-state index contributed by atoms with van der Waals surface area (Å²) in [4.78, 5) is 21.5. The van der Waals surface area contributed by atoms with Gasteiger partial charge >= 0.3 is 0 Å². The van der Waals surface area contributed by atoms with Crippen LogP contribution in [0.15, 0.2) is 67.0 Å². The number of nitrogens with one attached hydrogen (secondary N) is 1. The fraction of sp³-hybridized carbons (Fsp3) is 0.400. The molecule has 10 heteroatoms. The average Bonchev–Trinajstić information content (AvgIpc) is 3.70. The highest BCUT2D eigenvalue weighted by molar-refractivity contribution is 5.90. The Bertz CT molecular complexity index is 1390. The van der Waals surface area contributed by atoms with Gasteiger partial charge in [0.15, 0.2) is 0 Å². The summed E-state index contributed by atoms with van der Waals surface area (Å²) >= 11 is 0. The first-order valence-corrected chi connectivity index (χ1v) is 13.5. The highest BCUT2D eigenvalue weighted by Crippen LogP contribution is 2.48. The minimum absolute atomic E-state index is 0.0555. The molecule has 0 bridgehead atoms. The van der Waals surface area contributed by atoms with Gasteiger partial charge in [-0.3, -0.25) is 9.78 Å². The molecule has 2 aliphatic heterocycles. The maximum absolute atomic E-state index is 13.1. The van der Waals surface area contributed by atoms with Crippen molar-refractivity contribution in [1.29, 1.82) is 0 Å². The molecule has 2 saturated heterocycles. The van der Waals surface area contributed by atoms with Crippen LogP contribution in [0.1, 0.15) is 48.2 Å². The standard InChI is InChI=1S/C30H32F2N6O2/c1-20-13-29(17-37(20)2)18-38(19-29)23-6-3-21(4-7-23)14-34-28(39)30(11-12-30)25-9-10-26(36-35-25)40-16-22-5-8-24(27(31)32)33-15-22/h3-10,15,27H,1,11-14,16-19H2,2H3,(H,34,39). The van der Waals surface area contributed by atoms with E-state index in [4.69, 9.17) is 4.74 Å². The molecule has 1 amide bonds. The van der Waals surface area contributed by atoms with E-state index in [0.717, 1.165) is 31.6 Å². The fourth-order valence-electron chi connectivity index (χ4n) is 5.76. The molecule has 3 aliphatic rings. The van der Waals surface area contributed by atoms with Gasteiger partial charge in [-0.05, 0) is 49.1 Å². The minimum Gasteiger partial charge on any atom is -0.472 e. The molecule has 2 aromatic heterocycles. The number of aromatic nitrogens is 3. The topological polar surface area (TPSA) is 83.5 Å². The molecule has 0 unspecified atom stereocenters. The van der Waals surface area contributed by atoms with Crippen LogP contribution in [-0.4, -0.2) is 52.7 Å². The summed E-state index contributed by atoms with van der Waals surface area (Å²) in [7, 11) is 2.12. The summed E-state index contributed by atoms with van der Waals surface area (Å²) in [5.74, 6) is 0.232. The fourth-order valence-corrected chi connectivity index (χ4v) is 5.76. The first kappa shape index (κ1) is 26.2. The number of anilines is 1. The van der Waals surface area contributed by atoms with Crippen molar-refractivity contribution in [2.75, 3.05) is 31.6 Å². The number of hydrogen-bond donors (Lipinski definition) is 1. The predicted molar refractivity (Wildman–Crippen MR) is 146 cm³/mol. The van der Waals surface area contributed by atoms with Crippen molar-refractivity contribution in [3.63, 3.8) is 0 Å². The molecule has 1 aliphatic carbocycles. The molecule has 1 N–H and O–H groups in total. The molecule has 8 nitrogen and oxygen atoms in total. The summed E-state index contributed by atoms with van der Waals surface area (Å²) < 4.78 is 30.9. The van der Waals surface area contributed by atoms with Gasteiger partial charge in [-0.2, -0.15) is 5.10 Å². The largest absolute Gasteiger partial charge is 0.472 e. The summed E-state index contributed by atoms with van der Waals surface area (Å²) in [5, 5.41) is 11.4. The van der Waals surface area contributed by atoms with Gasteiger partial charge in [0, 0.05) is 67.9 Å². The van der Waals surface area contributed by atoms with Crippen LogP contribution in [0.2, 0.25) is 0 Å². The second kappa shape index (κ2) is 10.1.